The number of nitrogens with one attached hydrogen (secondary N) is 1. The molecule has 0 atom stereocenters. The van der Waals surface area contributed by atoms with Crippen molar-refractivity contribution in [1.29, 1.82) is 5.26 Å². The van der Waals surface area contributed by atoms with Gasteiger partial charge in [0.2, 0.25) is 0 Å². The predicted octanol–water partition coefficient (Wildman–Crippen LogP) is 4.82. The molecule has 2 aromatic carbocycles. The lowest BCUT2D eigenvalue weighted by Crippen LogP contribution is -2.14. The molecule has 0 spiro atoms. The SMILES string of the molecule is COc1cccc(/C=C(\C#N)C(=O)Nc2ccc(F)c(Cl)c2)c1OC(C)C. The van der Waals surface area contributed by atoms with Crippen molar-refractivity contribution in [2.24, 2.45) is 0 Å². The van der Waals surface area contributed by atoms with Gasteiger partial charge in [-0.25, -0.2) is 4.39 Å². The van der Waals surface area contributed by atoms with Gasteiger partial charge in [0.15, 0.2) is 11.5 Å². The Morgan fingerprint density at radius 3 is 2.67 bits per heavy atom. The molecule has 140 valence electrons. The molecule has 2 aromatic rings. The van der Waals surface area contributed by atoms with Crippen LogP contribution in [0.2, 0.25) is 5.02 Å². The number of carbonyl (C=O) groups excluding carboxylic acids is 1. The van der Waals surface area contributed by atoms with E-state index in [1.807, 2.05) is 19.9 Å². The van der Waals surface area contributed by atoms with Crippen LogP contribution < -0.4 is 14.8 Å². The minimum absolute atomic E-state index is 0.129. The van der Waals surface area contributed by atoms with Gasteiger partial charge < -0.3 is 14.8 Å². The lowest BCUT2D eigenvalue weighted by molar-refractivity contribution is -0.112. The summed E-state index contributed by atoms with van der Waals surface area (Å²) in [6, 6.07) is 10.8. The first kappa shape index (κ1) is 20.3. The average molecular weight is 389 g/mol. The first-order chi connectivity index (χ1) is 12.8. The Hall–Kier alpha value is -3.04. The number of hydrogen-bond acceptors (Lipinski definition) is 4. The second-order valence-corrected chi connectivity index (χ2v) is 6.21. The van der Waals surface area contributed by atoms with Crippen molar-refractivity contribution in [3.8, 4) is 17.6 Å². The van der Waals surface area contributed by atoms with Gasteiger partial charge in [0.1, 0.15) is 17.5 Å². The molecule has 1 N–H and O–H groups in total. The van der Waals surface area contributed by atoms with Gasteiger partial charge in [-0.2, -0.15) is 5.26 Å². The number of anilines is 1. The summed E-state index contributed by atoms with van der Waals surface area (Å²) in [5, 5.41) is 11.8. The quantitative estimate of drug-likeness (QED) is 0.568. The van der Waals surface area contributed by atoms with Gasteiger partial charge in [-0.3, -0.25) is 4.79 Å². The van der Waals surface area contributed by atoms with Crippen LogP contribution in [0, 0.1) is 17.1 Å². The van der Waals surface area contributed by atoms with Gasteiger partial charge in [-0.05, 0) is 44.2 Å². The van der Waals surface area contributed by atoms with Gasteiger partial charge >= 0.3 is 0 Å². The molecule has 0 aliphatic rings. The van der Waals surface area contributed by atoms with Crippen molar-refractivity contribution in [2.45, 2.75) is 20.0 Å². The van der Waals surface area contributed by atoms with E-state index in [1.54, 1.807) is 18.2 Å². The standard InChI is InChI=1S/C20H18ClFN2O3/c1-12(2)27-19-13(5-4-6-18(19)26-3)9-14(11-23)20(25)24-15-7-8-17(22)16(21)10-15/h4-10,12H,1-3H3,(H,24,25)/b14-9+. The maximum Gasteiger partial charge on any atom is 0.266 e. The molecule has 0 heterocycles. The van der Waals surface area contributed by atoms with E-state index in [9.17, 15) is 14.4 Å². The van der Waals surface area contributed by atoms with Crippen LogP contribution in [-0.4, -0.2) is 19.1 Å². The van der Waals surface area contributed by atoms with Crippen LogP contribution in [0.1, 0.15) is 19.4 Å². The molecule has 2 rings (SSSR count). The Kier molecular flexibility index (Phi) is 6.80. The van der Waals surface area contributed by atoms with Crippen LogP contribution in [-0.2, 0) is 4.79 Å². The van der Waals surface area contributed by atoms with Crippen LogP contribution in [0.4, 0.5) is 10.1 Å². The molecule has 0 bridgehead atoms. The minimum atomic E-state index is -0.654. The zero-order chi connectivity index (χ0) is 20.0. The lowest BCUT2D eigenvalue weighted by Gasteiger charge is -2.16. The Morgan fingerprint density at radius 1 is 1.33 bits per heavy atom. The molecule has 0 aliphatic carbocycles. The third-order valence-corrected chi connectivity index (χ3v) is 3.71. The van der Waals surface area contributed by atoms with Crippen LogP contribution in [0.5, 0.6) is 11.5 Å². The second kappa shape index (κ2) is 9.06. The van der Waals surface area contributed by atoms with E-state index < -0.39 is 11.7 Å². The van der Waals surface area contributed by atoms with E-state index in [-0.39, 0.29) is 22.4 Å². The molecule has 7 heteroatoms. The lowest BCUT2D eigenvalue weighted by atomic mass is 10.1. The van der Waals surface area contributed by atoms with Gasteiger partial charge in [0, 0.05) is 11.3 Å². The Bertz CT molecular complexity index is 920. The van der Waals surface area contributed by atoms with Crippen LogP contribution in [0.15, 0.2) is 42.0 Å². The number of nitrogens with zero attached hydrogens (tertiary/aromatic N) is 1. The first-order valence-corrected chi connectivity index (χ1v) is 8.45. The van der Waals surface area contributed by atoms with E-state index in [4.69, 9.17) is 21.1 Å². The van der Waals surface area contributed by atoms with Gasteiger partial charge in [-0.15, -0.1) is 0 Å². The number of benzene rings is 2. The monoisotopic (exact) mass is 388 g/mol. The summed E-state index contributed by atoms with van der Waals surface area (Å²) in [5.74, 6) is -0.336. The molecular formula is C20H18ClFN2O3. The molecular weight excluding hydrogens is 371 g/mol. The van der Waals surface area contributed by atoms with E-state index in [2.05, 4.69) is 5.32 Å². The molecule has 0 aromatic heterocycles. The fourth-order valence-electron chi connectivity index (χ4n) is 2.25. The van der Waals surface area contributed by atoms with Gasteiger partial charge in [-0.1, -0.05) is 23.7 Å². The summed E-state index contributed by atoms with van der Waals surface area (Å²) in [6.07, 6.45) is 1.27. The third-order valence-electron chi connectivity index (χ3n) is 3.43. The summed E-state index contributed by atoms with van der Waals surface area (Å²) >= 11 is 5.71. The summed E-state index contributed by atoms with van der Waals surface area (Å²) in [4.78, 5) is 12.4. The number of halogens is 2. The maximum absolute atomic E-state index is 13.2. The van der Waals surface area contributed by atoms with Crippen LogP contribution in [0.25, 0.3) is 6.08 Å². The molecule has 0 unspecified atom stereocenters. The fraction of sp³-hybridized carbons (Fsp3) is 0.200. The number of amides is 1. The van der Waals surface area contributed by atoms with Crippen molar-refractivity contribution in [3.05, 3.63) is 58.4 Å². The number of para-hydroxylation sites is 1. The highest BCUT2D eigenvalue weighted by Crippen LogP contribution is 2.33. The van der Waals surface area contributed by atoms with Crippen molar-refractivity contribution < 1.29 is 18.7 Å². The molecule has 27 heavy (non-hydrogen) atoms. The van der Waals surface area contributed by atoms with Crippen molar-refractivity contribution in [3.63, 3.8) is 0 Å². The highest BCUT2D eigenvalue weighted by atomic mass is 35.5. The number of methoxy groups -OCH3 is 1. The van der Waals surface area contributed by atoms with E-state index in [0.29, 0.717) is 17.1 Å². The number of hydrogen-bond donors (Lipinski definition) is 1. The molecule has 0 aliphatic heterocycles. The van der Waals surface area contributed by atoms with Gasteiger partial charge in [0.05, 0.1) is 18.2 Å². The van der Waals surface area contributed by atoms with E-state index in [0.717, 1.165) is 6.07 Å². The van der Waals surface area contributed by atoms with Crippen molar-refractivity contribution in [2.75, 3.05) is 12.4 Å². The number of nitriles is 1. The summed E-state index contributed by atoms with van der Waals surface area (Å²) in [7, 11) is 1.51. The zero-order valence-corrected chi connectivity index (χ0v) is 15.8. The summed E-state index contributed by atoms with van der Waals surface area (Å²) in [5.41, 5.74) is 0.640. The van der Waals surface area contributed by atoms with E-state index in [1.165, 1.54) is 25.3 Å². The number of carbonyl (C=O) groups is 1. The zero-order valence-electron chi connectivity index (χ0n) is 15.0. The smallest absolute Gasteiger partial charge is 0.266 e. The van der Waals surface area contributed by atoms with Gasteiger partial charge in [0.25, 0.3) is 5.91 Å². The van der Waals surface area contributed by atoms with Crippen LogP contribution in [0.3, 0.4) is 0 Å². The first-order valence-electron chi connectivity index (χ1n) is 8.07. The molecule has 0 radical (unpaired) electrons. The highest BCUT2D eigenvalue weighted by Gasteiger charge is 2.15. The Labute approximate surface area is 162 Å². The molecule has 0 saturated heterocycles. The molecule has 1 amide bonds. The molecule has 5 nitrogen and oxygen atoms in total. The van der Waals surface area contributed by atoms with Crippen LogP contribution >= 0.6 is 11.6 Å². The van der Waals surface area contributed by atoms with Crippen molar-refractivity contribution >= 4 is 29.3 Å². The van der Waals surface area contributed by atoms with E-state index >= 15 is 0 Å². The average Bonchev–Trinajstić information content (AvgIpc) is 2.63. The highest BCUT2D eigenvalue weighted by molar-refractivity contribution is 6.31. The predicted molar refractivity (Wildman–Crippen MR) is 102 cm³/mol. The Balaban J connectivity index is 2.36. The summed E-state index contributed by atoms with van der Waals surface area (Å²) < 4.78 is 24.3. The summed E-state index contributed by atoms with van der Waals surface area (Å²) in [6.45, 7) is 3.71. The topological polar surface area (TPSA) is 71.3 Å². The third kappa shape index (κ3) is 5.22. The molecule has 0 saturated carbocycles. The normalized spacial score (nSPS) is 11.1. The second-order valence-electron chi connectivity index (χ2n) is 5.80. The largest absolute Gasteiger partial charge is 0.493 e. The maximum atomic E-state index is 13.2. The molecule has 0 fully saturated rings. The number of rotatable bonds is 6. The fourth-order valence-corrected chi connectivity index (χ4v) is 2.43. The van der Waals surface area contributed by atoms with Crippen molar-refractivity contribution in [1.82, 2.24) is 0 Å². The minimum Gasteiger partial charge on any atom is -0.493 e. The Morgan fingerprint density at radius 2 is 2.07 bits per heavy atom. The number of ether oxygens (including phenoxy) is 2.